The molecule has 2 rings (SSSR count). The molecule has 34 heavy (non-hydrogen) atoms. The number of ether oxygens (including phenoxy) is 2. The molecule has 0 aromatic heterocycles. The number of carbonyl (C=O) groups excluding carboxylic acids is 2. The monoisotopic (exact) mass is 532 g/mol. The van der Waals surface area contributed by atoms with E-state index in [4.69, 9.17) is 9.47 Å². The number of nitrogens with one attached hydrogen (secondary N) is 1. The molecule has 2 aromatic rings. The molecule has 2 aromatic carbocycles. The summed E-state index contributed by atoms with van der Waals surface area (Å²) in [6.45, 7) is 11.8. The summed E-state index contributed by atoms with van der Waals surface area (Å²) < 4.78 is 12.3. The molecule has 0 bridgehead atoms. The summed E-state index contributed by atoms with van der Waals surface area (Å²) in [6.07, 6.45) is 0.829. The van der Waals surface area contributed by atoms with Gasteiger partial charge in [0.05, 0.1) is 13.2 Å². The highest BCUT2D eigenvalue weighted by molar-refractivity contribution is 9.10. The Morgan fingerprint density at radius 2 is 1.68 bits per heavy atom. The molecule has 0 fully saturated rings. The standard InChI is InChI=1S/C27H37BrN2O4/c1-6-33-24-13-11-21(16-25(24)34-7-2)12-14-26(31)30(18-22-9-8-10-23(28)15-22)20(5)27(32)29-17-19(3)4/h8-11,13,15-16,19-20H,6-7,12,14,17-18H2,1-5H3,(H,29,32)/t20-/m0/s1. The van der Waals surface area contributed by atoms with Crippen LogP contribution in [0.1, 0.15) is 52.2 Å². The Balaban J connectivity index is 2.17. The fourth-order valence-corrected chi connectivity index (χ4v) is 3.96. The van der Waals surface area contributed by atoms with E-state index >= 15 is 0 Å². The minimum atomic E-state index is -0.579. The van der Waals surface area contributed by atoms with Crippen LogP contribution in [-0.2, 0) is 22.6 Å². The van der Waals surface area contributed by atoms with Crippen LogP contribution in [0.3, 0.4) is 0 Å². The second-order valence-electron chi connectivity index (χ2n) is 8.61. The van der Waals surface area contributed by atoms with Crippen molar-refractivity contribution in [2.24, 2.45) is 5.92 Å². The Labute approximate surface area is 212 Å². The highest BCUT2D eigenvalue weighted by Gasteiger charge is 2.26. The third kappa shape index (κ3) is 8.67. The van der Waals surface area contributed by atoms with E-state index in [0.717, 1.165) is 15.6 Å². The zero-order valence-electron chi connectivity index (χ0n) is 20.9. The van der Waals surface area contributed by atoms with Crippen molar-refractivity contribution in [1.29, 1.82) is 0 Å². The molecule has 0 unspecified atom stereocenters. The van der Waals surface area contributed by atoms with Crippen LogP contribution in [0.5, 0.6) is 11.5 Å². The molecule has 0 saturated heterocycles. The van der Waals surface area contributed by atoms with Crippen molar-refractivity contribution < 1.29 is 19.1 Å². The second kappa shape index (κ2) is 14.0. The van der Waals surface area contributed by atoms with Crippen molar-refractivity contribution in [1.82, 2.24) is 10.2 Å². The first-order valence-electron chi connectivity index (χ1n) is 11.9. The van der Waals surface area contributed by atoms with Crippen LogP contribution in [0.15, 0.2) is 46.9 Å². The van der Waals surface area contributed by atoms with Gasteiger partial charge in [-0.25, -0.2) is 0 Å². The summed E-state index contributed by atoms with van der Waals surface area (Å²) in [5.41, 5.74) is 1.95. The first kappa shape index (κ1) is 27.7. The fraction of sp³-hybridized carbons (Fsp3) is 0.481. The van der Waals surface area contributed by atoms with Crippen LogP contribution < -0.4 is 14.8 Å². The van der Waals surface area contributed by atoms with E-state index in [1.807, 2.05) is 70.2 Å². The van der Waals surface area contributed by atoms with Crippen molar-refractivity contribution in [3.05, 3.63) is 58.1 Å². The molecule has 2 amide bonds. The third-order valence-electron chi connectivity index (χ3n) is 5.33. The molecule has 0 heterocycles. The molecule has 1 atom stereocenters. The average molecular weight is 534 g/mol. The zero-order chi connectivity index (χ0) is 25.1. The molecular weight excluding hydrogens is 496 g/mol. The molecular formula is C27H37BrN2O4. The summed E-state index contributed by atoms with van der Waals surface area (Å²) in [4.78, 5) is 27.8. The van der Waals surface area contributed by atoms with E-state index in [9.17, 15) is 9.59 Å². The van der Waals surface area contributed by atoms with Gasteiger partial charge in [0.2, 0.25) is 11.8 Å². The Hall–Kier alpha value is -2.54. The Kier molecular flexibility index (Phi) is 11.4. The highest BCUT2D eigenvalue weighted by Crippen LogP contribution is 2.29. The summed E-state index contributed by atoms with van der Waals surface area (Å²) in [7, 11) is 0. The maximum absolute atomic E-state index is 13.3. The van der Waals surface area contributed by atoms with Crippen LogP contribution in [0.25, 0.3) is 0 Å². The summed E-state index contributed by atoms with van der Waals surface area (Å²) >= 11 is 3.49. The van der Waals surface area contributed by atoms with Gasteiger partial charge in [-0.1, -0.05) is 48.0 Å². The maximum atomic E-state index is 13.3. The van der Waals surface area contributed by atoms with Gasteiger partial charge in [-0.15, -0.1) is 0 Å². The first-order valence-corrected chi connectivity index (χ1v) is 12.7. The van der Waals surface area contributed by atoms with Gasteiger partial charge in [-0.05, 0) is 68.5 Å². The Morgan fingerprint density at radius 1 is 0.971 bits per heavy atom. The Morgan fingerprint density at radius 3 is 2.32 bits per heavy atom. The topological polar surface area (TPSA) is 67.9 Å². The second-order valence-corrected chi connectivity index (χ2v) is 9.53. The van der Waals surface area contributed by atoms with Crippen molar-refractivity contribution in [2.45, 2.75) is 60.0 Å². The van der Waals surface area contributed by atoms with E-state index in [-0.39, 0.29) is 18.2 Å². The number of amides is 2. The van der Waals surface area contributed by atoms with Crippen molar-refractivity contribution in [2.75, 3.05) is 19.8 Å². The number of carbonyl (C=O) groups is 2. The minimum absolute atomic E-state index is 0.0704. The van der Waals surface area contributed by atoms with E-state index in [1.165, 1.54) is 0 Å². The smallest absolute Gasteiger partial charge is 0.242 e. The lowest BCUT2D eigenvalue weighted by atomic mass is 10.1. The molecule has 0 saturated carbocycles. The van der Waals surface area contributed by atoms with Gasteiger partial charge in [0.15, 0.2) is 11.5 Å². The number of hydrogen-bond donors (Lipinski definition) is 1. The molecule has 0 aliphatic carbocycles. The lowest BCUT2D eigenvalue weighted by molar-refractivity contribution is -0.140. The number of nitrogens with zero attached hydrogens (tertiary/aromatic N) is 1. The Bertz CT molecular complexity index is 948. The van der Waals surface area contributed by atoms with Crippen molar-refractivity contribution in [3.8, 4) is 11.5 Å². The zero-order valence-corrected chi connectivity index (χ0v) is 22.5. The molecule has 1 N–H and O–H groups in total. The number of halogens is 1. The minimum Gasteiger partial charge on any atom is -0.490 e. The number of benzene rings is 2. The van der Waals surface area contributed by atoms with Gasteiger partial charge in [0, 0.05) is 24.0 Å². The van der Waals surface area contributed by atoms with E-state index in [0.29, 0.717) is 50.1 Å². The summed E-state index contributed by atoms with van der Waals surface area (Å²) in [5.74, 6) is 1.51. The predicted molar refractivity (Wildman–Crippen MR) is 139 cm³/mol. The van der Waals surface area contributed by atoms with Gasteiger partial charge >= 0.3 is 0 Å². The van der Waals surface area contributed by atoms with Gasteiger partial charge in [-0.3, -0.25) is 9.59 Å². The van der Waals surface area contributed by atoms with Gasteiger partial charge in [0.1, 0.15) is 6.04 Å². The average Bonchev–Trinajstić information content (AvgIpc) is 2.80. The van der Waals surface area contributed by atoms with E-state index < -0.39 is 6.04 Å². The number of aryl methyl sites for hydroxylation is 1. The quantitative estimate of drug-likeness (QED) is 0.376. The van der Waals surface area contributed by atoms with Crippen molar-refractivity contribution in [3.63, 3.8) is 0 Å². The van der Waals surface area contributed by atoms with E-state index in [1.54, 1.807) is 11.8 Å². The predicted octanol–water partition coefficient (Wildman–Crippen LogP) is 5.37. The summed E-state index contributed by atoms with van der Waals surface area (Å²) in [5, 5.41) is 2.96. The largest absolute Gasteiger partial charge is 0.490 e. The lowest BCUT2D eigenvalue weighted by Gasteiger charge is -2.29. The molecule has 0 aliphatic rings. The van der Waals surface area contributed by atoms with E-state index in [2.05, 4.69) is 21.2 Å². The molecule has 0 spiro atoms. The number of rotatable bonds is 13. The van der Waals surface area contributed by atoms with Gasteiger partial charge < -0.3 is 19.7 Å². The molecule has 7 heteroatoms. The summed E-state index contributed by atoms with van der Waals surface area (Å²) in [6, 6.07) is 13.0. The van der Waals surface area contributed by atoms with Crippen LogP contribution in [0.2, 0.25) is 0 Å². The van der Waals surface area contributed by atoms with Gasteiger partial charge in [0.25, 0.3) is 0 Å². The molecule has 0 radical (unpaired) electrons. The highest BCUT2D eigenvalue weighted by atomic mass is 79.9. The molecule has 0 aliphatic heterocycles. The number of hydrogen-bond acceptors (Lipinski definition) is 4. The molecule has 6 nitrogen and oxygen atoms in total. The van der Waals surface area contributed by atoms with Crippen LogP contribution >= 0.6 is 15.9 Å². The molecule has 186 valence electrons. The fourth-order valence-electron chi connectivity index (χ4n) is 3.51. The van der Waals surface area contributed by atoms with Gasteiger partial charge in [-0.2, -0.15) is 0 Å². The van der Waals surface area contributed by atoms with Crippen LogP contribution in [0, 0.1) is 5.92 Å². The van der Waals surface area contributed by atoms with Crippen LogP contribution in [-0.4, -0.2) is 42.5 Å². The lowest BCUT2D eigenvalue weighted by Crippen LogP contribution is -2.48. The maximum Gasteiger partial charge on any atom is 0.242 e. The SMILES string of the molecule is CCOc1ccc(CCC(=O)N(Cc2cccc(Br)c2)[C@@H](C)C(=O)NCC(C)C)cc1OCC. The first-order chi connectivity index (χ1) is 16.2. The normalized spacial score (nSPS) is 11.7. The third-order valence-corrected chi connectivity index (χ3v) is 5.82. The van der Waals surface area contributed by atoms with Crippen LogP contribution in [0.4, 0.5) is 0 Å². The van der Waals surface area contributed by atoms with Crippen molar-refractivity contribution >= 4 is 27.7 Å².